The number of nitroso groups, excluding NO2 is 1. The summed E-state index contributed by atoms with van der Waals surface area (Å²) in [5.41, 5.74) is -0.830. The summed E-state index contributed by atoms with van der Waals surface area (Å²) in [6, 6.07) is 7.17. The minimum Gasteiger partial charge on any atom is -0.507 e. The topological polar surface area (TPSA) is 113 Å². The van der Waals surface area contributed by atoms with Crippen molar-refractivity contribution in [2.75, 3.05) is 0 Å². The van der Waals surface area contributed by atoms with E-state index in [0.29, 0.717) is 14.5 Å². The first-order valence-electron chi connectivity index (χ1n) is 7.85. The van der Waals surface area contributed by atoms with Gasteiger partial charge in [-0.05, 0) is 81.6 Å². The van der Waals surface area contributed by atoms with Crippen LogP contribution >= 0.6 is 31.9 Å². The van der Waals surface area contributed by atoms with Crippen LogP contribution < -0.4 is 4.74 Å². The standard InChI is InChI=1S/C19H15Br2NO6/c1-19(2,18(26)22-27)28-11-4-5-12(16(24)9-11)15(23)6-3-10-7-13(20)17(25)14(21)8-10/h3-9,24-25H,1-2H3/b6-3+. The number of aromatic hydroxyl groups is 2. The molecule has 0 bridgehead atoms. The second-order valence-electron chi connectivity index (χ2n) is 6.22. The van der Waals surface area contributed by atoms with E-state index in [0.717, 1.165) is 0 Å². The monoisotopic (exact) mass is 511 g/mol. The summed E-state index contributed by atoms with van der Waals surface area (Å²) in [6.07, 6.45) is 2.79. The van der Waals surface area contributed by atoms with E-state index in [9.17, 15) is 24.7 Å². The molecule has 2 rings (SSSR count). The van der Waals surface area contributed by atoms with Crippen LogP contribution in [0.4, 0.5) is 0 Å². The van der Waals surface area contributed by atoms with Gasteiger partial charge in [0.05, 0.1) is 14.5 Å². The molecule has 0 atom stereocenters. The van der Waals surface area contributed by atoms with Gasteiger partial charge in [0.2, 0.25) is 0 Å². The van der Waals surface area contributed by atoms with Gasteiger partial charge in [-0.15, -0.1) is 4.91 Å². The Morgan fingerprint density at radius 2 is 1.71 bits per heavy atom. The predicted octanol–water partition coefficient (Wildman–Crippen LogP) is 4.97. The van der Waals surface area contributed by atoms with E-state index in [1.807, 2.05) is 0 Å². The number of phenolic OH excluding ortho intramolecular Hbond substituents is 2. The van der Waals surface area contributed by atoms with Crippen LogP contribution in [0.5, 0.6) is 17.2 Å². The van der Waals surface area contributed by atoms with Crippen LogP contribution in [0.2, 0.25) is 0 Å². The molecule has 2 aromatic rings. The largest absolute Gasteiger partial charge is 0.507 e. The number of allylic oxidation sites excluding steroid dienone is 1. The molecule has 1 amide bonds. The maximum absolute atomic E-state index is 12.4. The van der Waals surface area contributed by atoms with Crippen molar-refractivity contribution < 1.29 is 24.5 Å². The normalized spacial score (nSPS) is 11.4. The van der Waals surface area contributed by atoms with Crippen LogP contribution in [0, 0.1) is 4.91 Å². The lowest BCUT2D eigenvalue weighted by molar-refractivity contribution is -0.130. The second kappa shape index (κ2) is 8.66. The molecule has 28 heavy (non-hydrogen) atoms. The number of carbonyl (C=O) groups is 2. The number of hydrogen-bond donors (Lipinski definition) is 2. The number of ketones is 1. The van der Waals surface area contributed by atoms with Gasteiger partial charge in [-0.2, -0.15) is 0 Å². The summed E-state index contributed by atoms with van der Waals surface area (Å²) in [4.78, 5) is 34.2. The molecular weight excluding hydrogens is 498 g/mol. The third-order valence-electron chi connectivity index (χ3n) is 3.67. The van der Waals surface area contributed by atoms with Crippen molar-refractivity contribution in [2.45, 2.75) is 19.4 Å². The SMILES string of the molecule is CC(C)(Oc1ccc(C(=O)/C=C/c2cc(Br)c(O)c(Br)c2)c(O)c1)C(=O)N=O. The molecule has 0 fully saturated rings. The molecule has 0 aliphatic rings. The van der Waals surface area contributed by atoms with E-state index in [-0.39, 0.29) is 22.8 Å². The van der Waals surface area contributed by atoms with Crippen LogP contribution in [0.1, 0.15) is 29.8 Å². The van der Waals surface area contributed by atoms with E-state index in [1.165, 1.54) is 44.2 Å². The highest BCUT2D eigenvalue weighted by molar-refractivity contribution is 9.11. The predicted molar refractivity (Wildman–Crippen MR) is 110 cm³/mol. The summed E-state index contributed by atoms with van der Waals surface area (Å²) in [5, 5.41) is 22.2. The summed E-state index contributed by atoms with van der Waals surface area (Å²) >= 11 is 6.41. The van der Waals surface area contributed by atoms with Gasteiger partial charge in [0.25, 0.3) is 0 Å². The summed E-state index contributed by atoms with van der Waals surface area (Å²) in [7, 11) is 0. The smallest absolute Gasteiger partial charge is 0.328 e. The number of nitrogens with zero attached hydrogens (tertiary/aromatic N) is 1. The summed E-state index contributed by atoms with van der Waals surface area (Å²) < 4.78 is 6.29. The van der Waals surface area contributed by atoms with Crippen LogP contribution in [0.15, 0.2) is 50.5 Å². The molecule has 0 radical (unpaired) electrons. The maximum Gasteiger partial charge on any atom is 0.328 e. The van der Waals surface area contributed by atoms with Gasteiger partial charge in [0.15, 0.2) is 11.4 Å². The van der Waals surface area contributed by atoms with E-state index in [4.69, 9.17) is 4.74 Å². The van der Waals surface area contributed by atoms with Gasteiger partial charge < -0.3 is 14.9 Å². The molecule has 0 heterocycles. The number of phenols is 2. The van der Waals surface area contributed by atoms with Gasteiger partial charge in [0, 0.05) is 11.2 Å². The van der Waals surface area contributed by atoms with Crippen molar-refractivity contribution in [1.82, 2.24) is 0 Å². The third kappa shape index (κ3) is 5.05. The van der Waals surface area contributed by atoms with E-state index >= 15 is 0 Å². The molecule has 2 aromatic carbocycles. The van der Waals surface area contributed by atoms with Crippen molar-refractivity contribution in [1.29, 1.82) is 0 Å². The van der Waals surface area contributed by atoms with Crippen LogP contribution in [0.3, 0.4) is 0 Å². The van der Waals surface area contributed by atoms with E-state index in [1.54, 1.807) is 12.1 Å². The average molecular weight is 513 g/mol. The Balaban J connectivity index is 2.21. The average Bonchev–Trinajstić information content (AvgIpc) is 2.63. The molecule has 9 heteroatoms. The molecule has 0 saturated heterocycles. The minimum absolute atomic E-state index is 0.0261. The Kier molecular flexibility index (Phi) is 6.73. The summed E-state index contributed by atoms with van der Waals surface area (Å²) in [5.74, 6) is -1.66. The molecule has 0 aliphatic carbocycles. The molecule has 0 aliphatic heterocycles. The van der Waals surface area contributed by atoms with E-state index < -0.39 is 17.3 Å². The Morgan fingerprint density at radius 3 is 2.25 bits per heavy atom. The molecule has 2 N–H and O–H groups in total. The molecule has 0 unspecified atom stereocenters. The second-order valence-corrected chi connectivity index (χ2v) is 7.93. The maximum atomic E-state index is 12.4. The molecular formula is C19H15Br2NO6. The Hall–Kier alpha value is -2.52. The highest BCUT2D eigenvalue weighted by Crippen LogP contribution is 2.34. The molecule has 0 aromatic heterocycles. The van der Waals surface area contributed by atoms with Crippen molar-refractivity contribution in [3.8, 4) is 17.2 Å². The first-order chi connectivity index (χ1) is 13.0. The highest BCUT2D eigenvalue weighted by Gasteiger charge is 2.31. The Morgan fingerprint density at radius 1 is 1.11 bits per heavy atom. The number of hydrogen-bond acceptors (Lipinski definition) is 6. The van der Waals surface area contributed by atoms with Crippen LogP contribution in [-0.2, 0) is 4.79 Å². The van der Waals surface area contributed by atoms with Gasteiger partial charge in [-0.3, -0.25) is 9.59 Å². The third-order valence-corrected chi connectivity index (χ3v) is 4.88. The number of benzene rings is 2. The lowest BCUT2D eigenvalue weighted by atomic mass is 10.1. The van der Waals surface area contributed by atoms with Crippen molar-refractivity contribution in [3.05, 3.63) is 61.4 Å². The zero-order valence-electron chi connectivity index (χ0n) is 14.8. The van der Waals surface area contributed by atoms with Crippen molar-refractivity contribution in [2.24, 2.45) is 5.18 Å². The summed E-state index contributed by atoms with van der Waals surface area (Å²) in [6.45, 7) is 2.73. The number of carbonyl (C=O) groups excluding carboxylic acids is 2. The zero-order valence-corrected chi connectivity index (χ0v) is 17.9. The zero-order chi connectivity index (χ0) is 21.1. The first kappa shape index (κ1) is 21.8. The number of halogens is 2. The fourth-order valence-corrected chi connectivity index (χ4v) is 3.40. The fraction of sp³-hybridized carbons (Fsp3) is 0.158. The molecule has 0 saturated carbocycles. The van der Waals surface area contributed by atoms with E-state index in [2.05, 4.69) is 37.0 Å². The molecule has 7 nitrogen and oxygen atoms in total. The highest BCUT2D eigenvalue weighted by atomic mass is 79.9. The van der Waals surface area contributed by atoms with Crippen molar-refractivity contribution >= 4 is 49.6 Å². The first-order valence-corrected chi connectivity index (χ1v) is 9.44. The lowest BCUT2D eigenvalue weighted by Gasteiger charge is -2.21. The minimum atomic E-state index is -1.50. The van der Waals surface area contributed by atoms with Gasteiger partial charge >= 0.3 is 5.91 Å². The van der Waals surface area contributed by atoms with Crippen LogP contribution in [-0.4, -0.2) is 27.5 Å². The van der Waals surface area contributed by atoms with Gasteiger partial charge in [0.1, 0.15) is 17.2 Å². The van der Waals surface area contributed by atoms with Crippen LogP contribution in [0.25, 0.3) is 6.08 Å². The number of amides is 1. The van der Waals surface area contributed by atoms with Crippen molar-refractivity contribution in [3.63, 3.8) is 0 Å². The lowest BCUT2D eigenvalue weighted by Crippen LogP contribution is -2.36. The fourth-order valence-electron chi connectivity index (χ4n) is 2.17. The number of rotatable bonds is 6. The van der Waals surface area contributed by atoms with Gasteiger partial charge in [-0.1, -0.05) is 6.08 Å². The molecule has 146 valence electrons. The Bertz CT molecular complexity index is 961. The number of ether oxygens (including phenoxy) is 1. The quantitative estimate of drug-likeness (QED) is 0.321. The molecule has 0 spiro atoms. The Labute approximate surface area is 177 Å². The van der Waals surface area contributed by atoms with Gasteiger partial charge in [-0.25, -0.2) is 0 Å².